The largest absolute Gasteiger partial charge is 0.500 e. The molecule has 0 amide bonds. The summed E-state index contributed by atoms with van der Waals surface area (Å²) in [6, 6.07) is 6.76. The number of aromatic hydroxyl groups is 1. The van der Waals surface area contributed by atoms with Gasteiger partial charge in [0, 0.05) is 5.39 Å². The summed E-state index contributed by atoms with van der Waals surface area (Å²) in [6.45, 7) is 0. The number of anilines is 1. The fourth-order valence-corrected chi connectivity index (χ4v) is 1.16. The van der Waals surface area contributed by atoms with Crippen LogP contribution in [0.25, 0.3) is 11.0 Å². The van der Waals surface area contributed by atoms with E-state index in [1.54, 1.807) is 24.3 Å². The number of nitrogens with two attached hydrogens (primary N) is 1. The van der Waals surface area contributed by atoms with E-state index in [9.17, 15) is 9.90 Å². The third kappa shape index (κ3) is 1.03. The molecule has 1 aromatic heterocycles. The van der Waals surface area contributed by atoms with Crippen molar-refractivity contribution in [3.63, 3.8) is 0 Å². The lowest BCUT2D eigenvalue weighted by Gasteiger charge is -2.00. The van der Waals surface area contributed by atoms with Crippen LogP contribution in [0.2, 0.25) is 0 Å². The van der Waals surface area contributed by atoms with Crippen molar-refractivity contribution in [3.8, 4) is 5.75 Å². The summed E-state index contributed by atoms with van der Waals surface area (Å²) in [4.78, 5) is 11.0. The molecule has 3 N–H and O–H groups in total. The Morgan fingerprint density at radius 2 is 2.00 bits per heavy atom. The molecule has 0 spiro atoms. The van der Waals surface area contributed by atoms with E-state index in [0.29, 0.717) is 11.0 Å². The molecule has 2 rings (SSSR count). The highest BCUT2D eigenvalue weighted by molar-refractivity contribution is 5.91. The molecular weight excluding hydrogens is 170 g/mol. The van der Waals surface area contributed by atoms with Crippen LogP contribution in [0.15, 0.2) is 33.5 Å². The second-order valence-corrected chi connectivity index (χ2v) is 2.65. The predicted molar refractivity (Wildman–Crippen MR) is 48.6 cm³/mol. The van der Waals surface area contributed by atoms with Crippen LogP contribution in [0.1, 0.15) is 0 Å². The molecule has 0 radical (unpaired) electrons. The molecule has 1 heterocycles. The Bertz CT molecular complexity index is 516. The summed E-state index contributed by atoms with van der Waals surface area (Å²) < 4.78 is 4.79. The number of rotatable bonds is 0. The predicted octanol–water partition coefficient (Wildman–Crippen LogP) is 1.08. The van der Waals surface area contributed by atoms with Crippen LogP contribution < -0.4 is 11.4 Å². The molecule has 0 aliphatic carbocycles. The van der Waals surface area contributed by atoms with Crippen LogP contribution >= 0.6 is 0 Å². The highest BCUT2D eigenvalue weighted by Gasteiger charge is 2.08. The summed E-state index contributed by atoms with van der Waals surface area (Å²) in [5, 5.41) is 9.71. The zero-order valence-electron chi connectivity index (χ0n) is 6.65. The number of hydrogen-bond donors (Lipinski definition) is 2. The lowest BCUT2D eigenvalue weighted by molar-refractivity contribution is 0.431. The standard InChI is InChI=1S/C9H7NO3/c10-7-5-3-1-2-4-6(5)13-9(12)8(7)11/h1-4,11H,10H2. The lowest BCUT2D eigenvalue weighted by Crippen LogP contribution is -2.02. The van der Waals surface area contributed by atoms with E-state index in [0.717, 1.165) is 0 Å². The second-order valence-electron chi connectivity index (χ2n) is 2.65. The Kier molecular flexibility index (Phi) is 1.48. The van der Waals surface area contributed by atoms with Crippen molar-refractivity contribution in [3.05, 3.63) is 34.7 Å². The maximum Gasteiger partial charge on any atom is 0.381 e. The Hall–Kier alpha value is -1.97. The summed E-state index contributed by atoms with van der Waals surface area (Å²) in [6.07, 6.45) is 0. The third-order valence-corrected chi connectivity index (χ3v) is 1.83. The first kappa shape index (κ1) is 7.67. The van der Waals surface area contributed by atoms with Gasteiger partial charge in [0.25, 0.3) is 0 Å². The molecule has 0 aliphatic rings. The molecule has 0 saturated carbocycles. The first-order chi connectivity index (χ1) is 6.20. The molecule has 66 valence electrons. The maximum atomic E-state index is 11.0. The first-order valence-corrected chi connectivity index (χ1v) is 3.70. The van der Waals surface area contributed by atoms with Crippen molar-refractivity contribution in [2.45, 2.75) is 0 Å². The minimum absolute atomic E-state index is 0.0619. The SMILES string of the molecule is Nc1c(O)c(=O)oc2ccccc12. The lowest BCUT2D eigenvalue weighted by atomic mass is 10.2. The molecule has 0 unspecified atom stereocenters. The van der Waals surface area contributed by atoms with E-state index >= 15 is 0 Å². The number of para-hydroxylation sites is 1. The fourth-order valence-electron chi connectivity index (χ4n) is 1.16. The molecule has 0 atom stereocenters. The zero-order valence-corrected chi connectivity index (χ0v) is 6.65. The molecule has 4 nitrogen and oxygen atoms in total. The van der Waals surface area contributed by atoms with Gasteiger partial charge < -0.3 is 15.3 Å². The van der Waals surface area contributed by atoms with Crippen LogP contribution in [-0.4, -0.2) is 5.11 Å². The fraction of sp³-hybridized carbons (Fsp3) is 0. The Balaban J connectivity index is 3.02. The van der Waals surface area contributed by atoms with Gasteiger partial charge in [-0.05, 0) is 12.1 Å². The Morgan fingerprint density at radius 1 is 1.31 bits per heavy atom. The van der Waals surface area contributed by atoms with Crippen LogP contribution in [-0.2, 0) is 0 Å². The first-order valence-electron chi connectivity index (χ1n) is 3.70. The van der Waals surface area contributed by atoms with E-state index in [4.69, 9.17) is 10.2 Å². The molecule has 2 aromatic rings. The molecule has 0 fully saturated rings. The Labute approximate surface area is 73.2 Å². The van der Waals surface area contributed by atoms with Gasteiger partial charge in [0.1, 0.15) is 5.58 Å². The molecule has 4 heteroatoms. The van der Waals surface area contributed by atoms with E-state index in [-0.39, 0.29) is 5.69 Å². The average molecular weight is 177 g/mol. The summed E-state index contributed by atoms with van der Waals surface area (Å²) in [5.41, 5.74) is 5.14. The van der Waals surface area contributed by atoms with Gasteiger partial charge in [-0.25, -0.2) is 4.79 Å². The quantitative estimate of drug-likeness (QED) is 0.590. The minimum atomic E-state index is -0.809. The highest BCUT2D eigenvalue weighted by atomic mass is 16.4. The molecule has 13 heavy (non-hydrogen) atoms. The average Bonchev–Trinajstić information content (AvgIpc) is 2.15. The van der Waals surface area contributed by atoms with Crippen molar-refractivity contribution >= 4 is 16.7 Å². The topological polar surface area (TPSA) is 76.5 Å². The Morgan fingerprint density at radius 3 is 2.77 bits per heavy atom. The summed E-state index contributed by atoms with van der Waals surface area (Å²) in [5.74, 6) is -0.529. The number of hydrogen-bond acceptors (Lipinski definition) is 4. The highest BCUT2D eigenvalue weighted by Crippen LogP contribution is 2.25. The smallest absolute Gasteiger partial charge is 0.381 e. The molecular formula is C9H7NO3. The number of fused-ring (bicyclic) bond motifs is 1. The van der Waals surface area contributed by atoms with Crippen molar-refractivity contribution in [1.82, 2.24) is 0 Å². The molecule has 0 bridgehead atoms. The van der Waals surface area contributed by atoms with Crippen molar-refractivity contribution in [2.24, 2.45) is 0 Å². The van der Waals surface area contributed by atoms with Crippen molar-refractivity contribution in [1.29, 1.82) is 0 Å². The minimum Gasteiger partial charge on any atom is -0.500 e. The second kappa shape index (κ2) is 2.52. The molecule has 0 saturated heterocycles. The number of benzene rings is 1. The van der Waals surface area contributed by atoms with Gasteiger partial charge >= 0.3 is 5.63 Å². The third-order valence-electron chi connectivity index (χ3n) is 1.83. The van der Waals surface area contributed by atoms with E-state index in [1.807, 2.05) is 0 Å². The van der Waals surface area contributed by atoms with Gasteiger partial charge in [-0.1, -0.05) is 12.1 Å². The van der Waals surface area contributed by atoms with Gasteiger partial charge in [-0.3, -0.25) is 0 Å². The maximum absolute atomic E-state index is 11.0. The summed E-state index contributed by atoms with van der Waals surface area (Å²) in [7, 11) is 0. The normalized spacial score (nSPS) is 10.5. The van der Waals surface area contributed by atoms with Crippen molar-refractivity contribution in [2.75, 3.05) is 5.73 Å². The van der Waals surface area contributed by atoms with Gasteiger partial charge in [-0.15, -0.1) is 0 Å². The van der Waals surface area contributed by atoms with Gasteiger partial charge in [-0.2, -0.15) is 0 Å². The van der Waals surface area contributed by atoms with Crippen LogP contribution in [0.3, 0.4) is 0 Å². The van der Waals surface area contributed by atoms with Crippen LogP contribution in [0.5, 0.6) is 5.75 Å². The van der Waals surface area contributed by atoms with Gasteiger partial charge in [0.15, 0.2) is 0 Å². The van der Waals surface area contributed by atoms with E-state index in [2.05, 4.69) is 0 Å². The number of nitrogen functional groups attached to an aromatic ring is 1. The monoisotopic (exact) mass is 177 g/mol. The molecule has 1 aromatic carbocycles. The van der Waals surface area contributed by atoms with Gasteiger partial charge in [0.2, 0.25) is 5.75 Å². The van der Waals surface area contributed by atoms with Crippen LogP contribution in [0, 0.1) is 0 Å². The zero-order chi connectivity index (χ0) is 9.42. The summed E-state index contributed by atoms with van der Waals surface area (Å²) >= 11 is 0. The van der Waals surface area contributed by atoms with E-state index < -0.39 is 11.4 Å². The van der Waals surface area contributed by atoms with Crippen molar-refractivity contribution < 1.29 is 9.52 Å². The van der Waals surface area contributed by atoms with E-state index in [1.165, 1.54) is 0 Å². The molecule has 0 aliphatic heterocycles. The van der Waals surface area contributed by atoms with Crippen LogP contribution in [0.4, 0.5) is 5.69 Å². The van der Waals surface area contributed by atoms with Gasteiger partial charge in [0.05, 0.1) is 5.69 Å².